The fourth-order valence-electron chi connectivity index (χ4n) is 1.57. The van der Waals surface area contributed by atoms with E-state index in [1.54, 1.807) is 6.92 Å². The maximum Gasteiger partial charge on any atom is 0.271 e. The Labute approximate surface area is 117 Å². The molecule has 0 saturated carbocycles. The van der Waals surface area contributed by atoms with Gasteiger partial charge in [0.1, 0.15) is 10.6 Å². The number of non-ortho nitro benzene ring substituents is 1. The molecule has 1 rings (SSSR count). The van der Waals surface area contributed by atoms with Crippen LogP contribution in [0.4, 0.5) is 5.69 Å². The zero-order chi connectivity index (χ0) is 15.3. The Morgan fingerprint density at radius 3 is 2.60 bits per heavy atom. The number of hydrogen-bond donors (Lipinski definition) is 2. The van der Waals surface area contributed by atoms with Crippen molar-refractivity contribution in [3.63, 3.8) is 0 Å². The summed E-state index contributed by atoms with van der Waals surface area (Å²) in [6.45, 7) is 1.91. The molecule has 0 spiro atoms. The predicted molar refractivity (Wildman–Crippen MR) is 73.1 cm³/mol. The van der Waals surface area contributed by atoms with Crippen molar-refractivity contribution in [1.29, 1.82) is 0 Å². The summed E-state index contributed by atoms with van der Waals surface area (Å²) in [7, 11) is -2.65. The van der Waals surface area contributed by atoms with E-state index >= 15 is 0 Å². The van der Waals surface area contributed by atoms with Crippen LogP contribution in [0.3, 0.4) is 0 Å². The van der Waals surface area contributed by atoms with Crippen LogP contribution in [0.5, 0.6) is 5.75 Å². The molecular weight excluding hydrogens is 286 g/mol. The summed E-state index contributed by atoms with van der Waals surface area (Å²) >= 11 is 0. The van der Waals surface area contributed by atoms with Crippen LogP contribution in [0.25, 0.3) is 0 Å². The van der Waals surface area contributed by atoms with E-state index in [0.29, 0.717) is 6.42 Å². The average Bonchev–Trinajstić information content (AvgIpc) is 2.43. The highest BCUT2D eigenvalue weighted by atomic mass is 32.2. The van der Waals surface area contributed by atoms with Crippen LogP contribution in [-0.4, -0.2) is 33.0 Å². The standard InChI is InChI=1S/C11H17N3O5S/c1-3-8(7-12)13-20(17,18)11-6-9(14(15)16)4-5-10(11)19-2/h4-6,8,13H,3,7,12H2,1-2H3. The van der Waals surface area contributed by atoms with Crippen molar-refractivity contribution in [2.45, 2.75) is 24.3 Å². The molecule has 9 heteroatoms. The second-order valence-corrected chi connectivity index (χ2v) is 5.74. The number of nitro groups is 1. The molecule has 112 valence electrons. The summed E-state index contributed by atoms with van der Waals surface area (Å²) in [6, 6.07) is 2.95. The van der Waals surface area contributed by atoms with E-state index in [1.807, 2.05) is 0 Å². The van der Waals surface area contributed by atoms with Crippen molar-refractivity contribution in [1.82, 2.24) is 4.72 Å². The van der Waals surface area contributed by atoms with Crippen molar-refractivity contribution < 1.29 is 18.1 Å². The number of nitro benzene ring substituents is 1. The van der Waals surface area contributed by atoms with Gasteiger partial charge in [0.2, 0.25) is 10.0 Å². The molecule has 1 aromatic carbocycles. The van der Waals surface area contributed by atoms with Gasteiger partial charge in [0.05, 0.1) is 12.0 Å². The topological polar surface area (TPSA) is 125 Å². The number of sulfonamides is 1. The SMILES string of the molecule is CCC(CN)NS(=O)(=O)c1cc([N+](=O)[O-])ccc1OC. The first kappa shape index (κ1) is 16.3. The van der Waals surface area contributed by atoms with Gasteiger partial charge in [-0.25, -0.2) is 13.1 Å². The highest BCUT2D eigenvalue weighted by Gasteiger charge is 2.25. The van der Waals surface area contributed by atoms with Crippen molar-refractivity contribution in [2.24, 2.45) is 5.73 Å². The van der Waals surface area contributed by atoms with Gasteiger partial charge in [-0.15, -0.1) is 0 Å². The summed E-state index contributed by atoms with van der Waals surface area (Å²) in [5.41, 5.74) is 5.12. The van der Waals surface area contributed by atoms with E-state index in [4.69, 9.17) is 10.5 Å². The molecule has 1 atom stereocenters. The Morgan fingerprint density at radius 2 is 2.15 bits per heavy atom. The van der Waals surface area contributed by atoms with Gasteiger partial charge >= 0.3 is 0 Å². The Hall–Kier alpha value is -1.71. The number of nitrogens with two attached hydrogens (primary N) is 1. The van der Waals surface area contributed by atoms with Crippen molar-refractivity contribution in [3.05, 3.63) is 28.3 Å². The second kappa shape index (κ2) is 6.64. The maximum atomic E-state index is 12.2. The summed E-state index contributed by atoms with van der Waals surface area (Å²) in [5.74, 6) is 0.0370. The van der Waals surface area contributed by atoms with Crippen LogP contribution < -0.4 is 15.2 Å². The summed E-state index contributed by atoms with van der Waals surface area (Å²) < 4.78 is 31.8. The molecule has 0 bridgehead atoms. The molecule has 0 aliphatic carbocycles. The average molecular weight is 303 g/mol. The molecule has 1 unspecified atom stereocenters. The normalized spacial score (nSPS) is 12.9. The number of nitrogens with one attached hydrogen (secondary N) is 1. The largest absolute Gasteiger partial charge is 0.495 e. The Balaban J connectivity index is 3.28. The molecule has 0 fully saturated rings. The lowest BCUT2D eigenvalue weighted by molar-refractivity contribution is -0.385. The summed E-state index contributed by atoms with van der Waals surface area (Å²) in [5, 5.41) is 10.7. The molecular formula is C11H17N3O5S. The molecule has 20 heavy (non-hydrogen) atoms. The van der Waals surface area contributed by atoms with Crippen LogP contribution in [0.1, 0.15) is 13.3 Å². The molecule has 0 aromatic heterocycles. The lowest BCUT2D eigenvalue weighted by Crippen LogP contribution is -2.39. The van der Waals surface area contributed by atoms with Crippen LogP contribution >= 0.6 is 0 Å². The van der Waals surface area contributed by atoms with E-state index < -0.39 is 21.0 Å². The first-order valence-corrected chi connectivity index (χ1v) is 7.38. The number of nitrogens with zero attached hydrogens (tertiary/aromatic N) is 1. The van der Waals surface area contributed by atoms with Crippen molar-refractivity contribution in [2.75, 3.05) is 13.7 Å². The Morgan fingerprint density at radius 1 is 1.50 bits per heavy atom. The molecule has 0 amide bonds. The summed E-state index contributed by atoms with van der Waals surface area (Å²) in [4.78, 5) is 9.80. The highest BCUT2D eigenvalue weighted by molar-refractivity contribution is 7.89. The zero-order valence-corrected chi connectivity index (χ0v) is 12.0. The van der Waals surface area contributed by atoms with Gasteiger partial charge in [0, 0.05) is 24.7 Å². The van der Waals surface area contributed by atoms with Crippen LogP contribution in [0, 0.1) is 10.1 Å². The quantitative estimate of drug-likeness (QED) is 0.562. The third kappa shape index (κ3) is 3.65. The van der Waals surface area contributed by atoms with Crippen molar-refractivity contribution >= 4 is 15.7 Å². The third-order valence-corrected chi connectivity index (χ3v) is 4.29. The minimum absolute atomic E-state index is 0.0370. The van der Waals surface area contributed by atoms with E-state index in [9.17, 15) is 18.5 Å². The predicted octanol–water partition coefficient (Wildman–Crippen LogP) is 0.619. The number of methoxy groups -OCH3 is 1. The molecule has 0 aliphatic heterocycles. The van der Waals surface area contributed by atoms with Gasteiger partial charge in [-0.05, 0) is 12.5 Å². The van der Waals surface area contributed by atoms with Gasteiger partial charge in [-0.2, -0.15) is 0 Å². The van der Waals surface area contributed by atoms with Gasteiger partial charge in [-0.1, -0.05) is 6.92 Å². The van der Waals surface area contributed by atoms with Crippen LogP contribution in [-0.2, 0) is 10.0 Å². The van der Waals surface area contributed by atoms with Crippen LogP contribution in [0.2, 0.25) is 0 Å². The fourth-order valence-corrected chi connectivity index (χ4v) is 3.09. The van der Waals surface area contributed by atoms with Gasteiger partial charge < -0.3 is 10.5 Å². The fraction of sp³-hybridized carbons (Fsp3) is 0.455. The molecule has 0 saturated heterocycles. The molecule has 0 heterocycles. The molecule has 3 N–H and O–H groups in total. The minimum Gasteiger partial charge on any atom is -0.495 e. The molecule has 1 aromatic rings. The van der Waals surface area contributed by atoms with Gasteiger partial charge in [0.15, 0.2) is 0 Å². The molecule has 0 radical (unpaired) electrons. The van der Waals surface area contributed by atoms with Gasteiger partial charge in [0.25, 0.3) is 5.69 Å². The molecule has 8 nitrogen and oxygen atoms in total. The maximum absolute atomic E-state index is 12.2. The number of benzene rings is 1. The number of hydrogen-bond acceptors (Lipinski definition) is 6. The molecule has 0 aliphatic rings. The lowest BCUT2D eigenvalue weighted by atomic mass is 10.2. The third-order valence-electron chi connectivity index (χ3n) is 2.75. The summed E-state index contributed by atoms with van der Waals surface area (Å²) in [6.07, 6.45) is 0.507. The first-order chi connectivity index (χ1) is 9.35. The van der Waals surface area contributed by atoms with E-state index in [-0.39, 0.29) is 22.9 Å². The van der Waals surface area contributed by atoms with E-state index in [1.165, 1.54) is 19.2 Å². The second-order valence-electron chi connectivity index (χ2n) is 4.05. The van der Waals surface area contributed by atoms with Crippen LogP contribution in [0.15, 0.2) is 23.1 Å². The van der Waals surface area contributed by atoms with Crippen molar-refractivity contribution in [3.8, 4) is 5.75 Å². The van der Waals surface area contributed by atoms with E-state index in [2.05, 4.69) is 4.72 Å². The Kier molecular flexibility index (Phi) is 5.43. The highest BCUT2D eigenvalue weighted by Crippen LogP contribution is 2.28. The lowest BCUT2D eigenvalue weighted by Gasteiger charge is -2.16. The Bertz CT molecular complexity index is 584. The number of rotatable bonds is 7. The minimum atomic E-state index is -3.94. The zero-order valence-electron chi connectivity index (χ0n) is 11.2. The smallest absolute Gasteiger partial charge is 0.271 e. The van der Waals surface area contributed by atoms with Gasteiger partial charge in [-0.3, -0.25) is 10.1 Å². The number of ether oxygens (including phenoxy) is 1. The van der Waals surface area contributed by atoms with E-state index in [0.717, 1.165) is 6.07 Å². The monoisotopic (exact) mass is 303 g/mol. The first-order valence-electron chi connectivity index (χ1n) is 5.90.